The summed E-state index contributed by atoms with van der Waals surface area (Å²) >= 11 is 3.28. The molecule has 0 aliphatic carbocycles. The van der Waals surface area contributed by atoms with Crippen molar-refractivity contribution in [3.05, 3.63) is 28.2 Å². The second kappa shape index (κ2) is 6.14. The average Bonchev–Trinajstić information content (AvgIpc) is 2.28. The van der Waals surface area contributed by atoms with E-state index in [1.165, 1.54) is 4.31 Å². The summed E-state index contributed by atoms with van der Waals surface area (Å²) in [6.45, 7) is 4.78. The van der Waals surface area contributed by atoms with Gasteiger partial charge < -0.3 is 5.73 Å². The van der Waals surface area contributed by atoms with Crippen molar-refractivity contribution in [2.75, 3.05) is 13.6 Å². The minimum Gasteiger partial charge on any atom is -0.326 e. The van der Waals surface area contributed by atoms with Gasteiger partial charge in [0.15, 0.2) is 0 Å². The Labute approximate surface area is 117 Å². The van der Waals surface area contributed by atoms with Gasteiger partial charge in [-0.3, -0.25) is 0 Å². The summed E-state index contributed by atoms with van der Waals surface area (Å²) in [4.78, 5) is 0.272. The lowest BCUT2D eigenvalue weighted by molar-refractivity contribution is 0.417. The second-order valence-corrected chi connectivity index (χ2v) is 7.52. The van der Waals surface area contributed by atoms with Crippen LogP contribution in [0.1, 0.15) is 19.4 Å². The zero-order valence-electron chi connectivity index (χ0n) is 10.9. The van der Waals surface area contributed by atoms with Crippen LogP contribution < -0.4 is 5.73 Å². The van der Waals surface area contributed by atoms with Gasteiger partial charge in [0.2, 0.25) is 10.0 Å². The normalized spacial score (nSPS) is 12.4. The second-order valence-electron chi connectivity index (χ2n) is 4.65. The van der Waals surface area contributed by atoms with Crippen molar-refractivity contribution < 1.29 is 8.42 Å². The van der Waals surface area contributed by atoms with E-state index in [2.05, 4.69) is 15.9 Å². The Hall–Kier alpha value is -0.430. The van der Waals surface area contributed by atoms with Crippen LogP contribution in [0.3, 0.4) is 0 Å². The number of hydrogen-bond acceptors (Lipinski definition) is 3. The molecule has 1 aromatic rings. The number of hydrogen-bond donors (Lipinski definition) is 1. The van der Waals surface area contributed by atoms with Crippen LogP contribution in [0.2, 0.25) is 0 Å². The first-order valence-electron chi connectivity index (χ1n) is 5.74. The van der Waals surface area contributed by atoms with Gasteiger partial charge in [0.25, 0.3) is 0 Å². The molecule has 0 bridgehead atoms. The number of nitrogens with two attached hydrogens (primary N) is 1. The van der Waals surface area contributed by atoms with Crippen LogP contribution in [-0.4, -0.2) is 26.3 Å². The molecular weight excluding hydrogens is 316 g/mol. The molecule has 0 fully saturated rings. The van der Waals surface area contributed by atoms with Crippen LogP contribution in [0.5, 0.6) is 0 Å². The van der Waals surface area contributed by atoms with Gasteiger partial charge in [-0.25, -0.2) is 12.7 Å². The third-order valence-electron chi connectivity index (χ3n) is 2.54. The van der Waals surface area contributed by atoms with Crippen LogP contribution in [-0.2, 0) is 16.6 Å². The molecule has 2 N–H and O–H groups in total. The standard InChI is InChI=1S/C12H19BrN2O2S/c1-9(2)8-15(3)18(16,17)12-6-10(7-14)4-5-11(12)13/h4-6,9H,7-8,14H2,1-3H3. The number of sulfonamides is 1. The number of halogens is 1. The van der Waals surface area contributed by atoms with Crippen LogP contribution in [0.15, 0.2) is 27.6 Å². The first-order valence-corrected chi connectivity index (χ1v) is 7.97. The van der Waals surface area contributed by atoms with Crippen molar-refractivity contribution in [1.29, 1.82) is 0 Å². The van der Waals surface area contributed by atoms with Gasteiger partial charge in [-0.1, -0.05) is 19.9 Å². The summed E-state index contributed by atoms with van der Waals surface area (Å²) in [5.41, 5.74) is 6.35. The molecule has 0 saturated heterocycles. The minimum absolute atomic E-state index is 0.272. The molecule has 1 rings (SSSR count). The fourth-order valence-corrected chi connectivity index (χ4v) is 3.96. The summed E-state index contributed by atoms with van der Waals surface area (Å²) in [7, 11) is -1.87. The summed E-state index contributed by atoms with van der Waals surface area (Å²) in [5, 5.41) is 0. The fourth-order valence-electron chi connectivity index (χ4n) is 1.65. The third kappa shape index (κ3) is 3.54. The van der Waals surface area contributed by atoms with Gasteiger partial charge in [-0.05, 0) is 39.5 Å². The first-order chi connectivity index (χ1) is 8.28. The Morgan fingerprint density at radius 1 is 1.39 bits per heavy atom. The van der Waals surface area contributed by atoms with Crippen molar-refractivity contribution in [1.82, 2.24) is 4.31 Å². The largest absolute Gasteiger partial charge is 0.326 e. The topological polar surface area (TPSA) is 63.4 Å². The number of rotatable bonds is 5. The van der Waals surface area contributed by atoms with Gasteiger partial charge in [-0.15, -0.1) is 0 Å². The number of nitrogens with zero attached hydrogens (tertiary/aromatic N) is 1. The summed E-state index contributed by atoms with van der Waals surface area (Å²) in [6, 6.07) is 5.15. The van der Waals surface area contributed by atoms with E-state index >= 15 is 0 Å². The molecule has 0 spiro atoms. The molecule has 0 aliphatic rings. The molecule has 0 amide bonds. The monoisotopic (exact) mass is 334 g/mol. The summed E-state index contributed by atoms with van der Waals surface area (Å²) < 4.78 is 26.8. The van der Waals surface area contributed by atoms with Crippen molar-refractivity contribution >= 4 is 26.0 Å². The maximum atomic E-state index is 12.4. The summed E-state index contributed by atoms with van der Waals surface area (Å²) in [6.07, 6.45) is 0. The highest BCUT2D eigenvalue weighted by Gasteiger charge is 2.24. The van der Waals surface area contributed by atoms with E-state index in [0.717, 1.165) is 5.56 Å². The van der Waals surface area contributed by atoms with Gasteiger partial charge in [-0.2, -0.15) is 0 Å². The van der Waals surface area contributed by atoms with Crippen LogP contribution >= 0.6 is 15.9 Å². The maximum Gasteiger partial charge on any atom is 0.243 e. The van der Waals surface area contributed by atoms with Gasteiger partial charge in [0, 0.05) is 24.6 Å². The average molecular weight is 335 g/mol. The summed E-state index contributed by atoms with van der Waals surface area (Å²) in [5.74, 6) is 0.279. The smallest absolute Gasteiger partial charge is 0.243 e. The Morgan fingerprint density at radius 2 is 2.00 bits per heavy atom. The molecule has 0 radical (unpaired) electrons. The van der Waals surface area contributed by atoms with Gasteiger partial charge in [0.05, 0.1) is 4.90 Å². The molecular formula is C12H19BrN2O2S. The highest BCUT2D eigenvalue weighted by Crippen LogP contribution is 2.26. The van der Waals surface area contributed by atoms with E-state index in [1.807, 2.05) is 19.9 Å². The number of benzene rings is 1. The van der Waals surface area contributed by atoms with E-state index in [9.17, 15) is 8.42 Å². The van der Waals surface area contributed by atoms with E-state index in [-0.39, 0.29) is 10.8 Å². The molecule has 0 saturated carbocycles. The quantitative estimate of drug-likeness (QED) is 0.897. The Kier molecular flexibility index (Phi) is 5.33. The molecule has 0 aromatic heterocycles. The van der Waals surface area contributed by atoms with E-state index < -0.39 is 10.0 Å². The molecule has 6 heteroatoms. The van der Waals surface area contributed by atoms with Crippen LogP contribution in [0.4, 0.5) is 0 Å². The maximum absolute atomic E-state index is 12.4. The Morgan fingerprint density at radius 3 is 2.50 bits per heavy atom. The first kappa shape index (κ1) is 15.6. The molecule has 0 heterocycles. The van der Waals surface area contributed by atoms with Crippen LogP contribution in [0, 0.1) is 5.92 Å². The molecule has 102 valence electrons. The predicted molar refractivity (Wildman–Crippen MR) is 76.7 cm³/mol. The molecule has 4 nitrogen and oxygen atoms in total. The molecule has 18 heavy (non-hydrogen) atoms. The lowest BCUT2D eigenvalue weighted by Gasteiger charge is -2.20. The predicted octanol–water partition coefficient (Wildman–Crippen LogP) is 2.18. The zero-order chi connectivity index (χ0) is 13.9. The molecule has 0 aliphatic heterocycles. The Balaban J connectivity index is 3.19. The van der Waals surface area contributed by atoms with Crippen molar-refractivity contribution in [3.8, 4) is 0 Å². The molecule has 0 atom stereocenters. The minimum atomic E-state index is -3.47. The lowest BCUT2D eigenvalue weighted by atomic mass is 10.2. The highest BCUT2D eigenvalue weighted by atomic mass is 79.9. The third-order valence-corrected chi connectivity index (χ3v) is 5.36. The van der Waals surface area contributed by atoms with E-state index in [4.69, 9.17) is 5.73 Å². The van der Waals surface area contributed by atoms with Gasteiger partial charge >= 0.3 is 0 Å². The molecule has 0 unspecified atom stereocenters. The van der Waals surface area contributed by atoms with Gasteiger partial charge in [0.1, 0.15) is 0 Å². The van der Waals surface area contributed by atoms with Crippen LogP contribution in [0.25, 0.3) is 0 Å². The SMILES string of the molecule is CC(C)CN(C)S(=O)(=O)c1cc(CN)ccc1Br. The lowest BCUT2D eigenvalue weighted by Crippen LogP contribution is -2.30. The van der Waals surface area contributed by atoms with E-state index in [0.29, 0.717) is 17.6 Å². The molecule has 1 aromatic carbocycles. The Bertz CT molecular complexity index is 515. The van der Waals surface area contributed by atoms with Crippen molar-refractivity contribution in [3.63, 3.8) is 0 Å². The highest BCUT2D eigenvalue weighted by molar-refractivity contribution is 9.10. The van der Waals surface area contributed by atoms with Crippen molar-refractivity contribution in [2.45, 2.75) is 25.3 Å². The van der Waals surface area contributed by atoms with E-state index in [1.54, 1.807) is 19.2 Å². The fraction of sp³-hybridized carbons (Fsp3) is 0.500. The zero-order valence-corrected chi connectivity index (χ0v) is 13.3. The van der Waals surface area contributed by atoms with Crippen molar-refractivity contribution in [2.24, 2.45) is 11.7 Å².